The summed E-state index contributed by atoms with van der Waals surface area (Å²) in [6.45, 7) is 2.84. The molecule has 4 nitrogen and oxygen atoms in total. The number of unbranched alkanes of at least 4 members (excludes halogenated alkanes) is 1. The average molecular weight is 308 g/mol. The first kappa shape index (κ1) is 16.9. The number of nitrogens with zero attached hydrogens (tertiary/aromatic N) is 2. The van der Waals surface area contributed by atoms with Gasteiger partial charge in [0.25, 0.3) is 0 Å². The van der Waals surface area contributed by atoms with Crippen LogP contribution in [0.3, 0.4) is 0 Å². The zero-order chi connectivity index (χ0) is 15.0. The van der Waals surface area contributed by atoms with Crippen LogP contribution >= 0.6 is 11.8 Å². The van der Waals surface area contributed by atoms with Crippen LogP contribution in [-0.4, -0.2) is 35.1 Å². The van der Waals surface area contributed by atoms with Crippen LogP contribution in [0.1, 0.15) is 25.5 Å². The zero-order valence-corrected chi connectivity index (χ0v) is 12.4. The van der Waals surface area contributed by atoms with Crippen molar-refractivity contribution in [2.24, 2.45) is 0 Å². The van der Waals surface area contributed by atoms with E-state index in [1.54, 1.807) is 18.7 Å². The third kappa shape index (κ3) is 5.85. The highest BCUT2D eigenvalue weighted by Gasteiger charge is 2.33. The minimum atomic E-state index is -4.47. The molecule has 0 saturated carbocycles. The van der Waals surface area contributed by atoms with Crippen LogP contribution in [0.15, 0.2) is 6.07 Å². The van der Waals surface area contributed by atoms with Crippen molar-refractivity contribution in [1.82, 2.24) is 9.97 Å². The summed E-state index contributed by atoms with van der Waals surface area (Å²) in [7, 11) is 0. The molecular formula is C12H19F3N4S. The number of alkyl halides is 3. The molecule has 0 aliphatic rings. The van der Waals surface area contributed by atoms with E-state index in [-0.39, 0.29) is 11.8 Å². The molecule has 8 heteroatoms. The van der Waals surface area contributed by atoms with Crippen molar-refractivity contribution in [1.29, 1.82) is 0 Å². The average Bonchev–Trinajstić information content (AvgIpc) is 2.38. The fourth-order valence-corrected chi connectivity index (χ4v) is 2.00. The molecule has 2 N–H and O–H groups in total. The minimum Gasteiger partial charge on any atom is -0.370 e. The van der Waals surface area contributed by atoms with Crippen LogP contribution < -0.4 is 10.6 Å². The molecule has 20 heavy (non-hydrogen) atoms. The van der Waals surface area contributed by atoms with Crippen LogP contribution in [0, 0.1) is 0 Å². The molecule has 0 unspecified atom stereocenters. The van der Waals surface area contributed by atoms with Gasteiger partial charge in [0.15, 0.2) is 5.69 Å². The van der Waals surface area contributed by atoms with Crippen molar-refractivity contribution >= 4 is 23.5 Å². The van der Waals surface area contributed by atoms with Crippen molar-refractivity contribution in [3.05, 3.63) is 11.8 Å². The number of nitrogens with one attached hydrogen (secondary N) is 2. The van der Waals surface area contributed by atoms with Crippen molar-refractivity contribution in [3.63, 3.8) is 0 Å². The molecule has 0 spiro atoms. The lowest BCUT2D eigenvalue weighted by Gasteiger charge is -2.12. The van der Waals surface area contributed by atoms with E-state index in [1.165, 1.54) is 0 Å². The SMILES string of the molecule is CCNc1nc(NCCCCSC)cc(C(F)(F)F)n1. The molecule has 0 radical (unpaired) electrons. The summed E-state index contributed by atoms with van der Waals surface area (Å²) in [5.41, 5.74) is -0.935. The van der Waals surface area contributed by atoms with Gasteiger partial charge in [-0.05, 0) is 31.8 Å². The normalized spacial score (nSPS) is 11.4. The lowest BCUT2D eigenvalue weighted by Crippen LogP contribution is -2.14. The number of hydrogen-bond donors (Lipinski definition) is 2. The minimum absolute atomic E-state index is 0.00561. The molecule has 0 bridgehead atoms. The molecule has 1 heterocycles. The molecule has 1 aromatic rings. The van der Waals surface area contributed by atoms with Crippen molar-refractivity contribution in [2.75, 3.05) is 35.7 Å². The van der Waals surface area contributed by atoms with Crippen molar-refractivity contribution in [3.8, 4) is 0 Å². The Hall–Kier alpha value is -1.18. The molecule has 0 fully saturated rings. The summed E-state index contributed by atoms with van der Waals surface area (Å²) in [6, 6.07) is 0.940. The van der Waals surface area contributed by atoms with Gasteiger partial charge < -0.3 is 10.6 Å². The maximum atomic E-state index is 12.7. The molecule has 0 aromatic carbocycles. The molecular weight excluding hydrogens is 289 g/mol. The number of hydrogen-bond acceptors (Lipinski definition) is 5. The summed E-state index contributed by atoms with van der Waals surface area (Å²) in [6.07, 6.45) is -0.535. The Labute approximate surface area is 121 Å². The van der Waals surface area contributed by atoms with E-state index in [9.17, 15) is 13.2 Å². The van der Waals surface area contributed by atoms with Gasteiger partial charge in [-0.15, -0.1) is 0 Å². The van der Waals surface area contributed by atoms with E-state index < -0.39 is 11.9 Å². The third-order valence-corrected chi connectivity index (χ3v) is 3.13. The molecule has 0 amide bonds. The predicted molar refractivity (Wildman–Crippen MR) is 77.3 cm³/mol. The first-order valence-electron chi connectivity index (χ1n) is 6.40. The first-order valence-corrected chi connectivity index (χ1v) is 7.79. The zero-order valence-electron chi connectivity index (χ0n) is 11.5. The first-order chi connectivity index (χ1) is 9.47. The number of rotatable bonds is 8. The highest BCUT2D eigenvalue weighted by Crippen LogP contribution is 2.29. The van der Waals surface area contributed by atoms with Crippen LogP contribution in [0.25, 0.3) is 0 Å². The van der Waals surface area contributed by atoms with E-state index in [4.69, 9.17) is 0 Å². The molecule has 0 saturated heterocycles. The predicted octanol–water partition coefficient (Wildman–Crippen LogP) is 3.48. The monoisotopic (exact) mass is 308 g/mol. The standard InChI is InChI=1S/C12H19F3N4S/c1-3-16-11-18-9(12(13,14)15)8-10(19-11)17-6-4-5-7-20-2/h8H,3-7H2,1-2H3,(H2,16,17,18,19). The van der Waals surface area contributed by atoms with Crippen molar-refractivity contribution < 1.29 is 13.2 Å². The van der Waals surface area contributed by atoms with Gasteiger partial charge in [-0.2, -0.15) is 29.9 Å². The number of thioether (sulfide) groups is 1. The maximum absolute atomic E-state index is 12.7. The van der Waals surface area contributed by atoms with Crippen LogP contribution in [0.5, 0.6) is 0 Å². The summed E-state index contributed by atoms with van der Waals surface area (Å²) in [4.78, 5) is 7.48. The van der Waals surface area contributed by atoms with Gasteiger partial charge >= 0.3 is 6.18 Å². The highest BCUT2D eigenvalue weighted by atomic mass is 32.2. The molecule has 1 rings (SSSR count). The van der Waals surface area contributed by atoms with E-state index in [0.717, 1.165) is 24.7 Å². The highest BCUT2D eigenvalue weighted by molar-refractivity contribution is 7.98. The van der Waals surface area contributed by atoms with Gasteiger partial charge in [-0.25, -0.2) is 4.98 Å². The van der Waals surface area contributed by atoms with Gasteiger partial charge in [0.2, 0.25) is 5.95 Å². The molecule has 0 aliphatic carbocycles. The van der Waals surface area contributed by atoms with E-state index >= 15 is 0 Å². The van der Waals surface area contributed by atoms with Gasteiger partial charge in [0.1, 0.15) is 5.82 Å². The molecule has 114 valence electrons. The Morgan fingerprint density at radius 1 is 1.20 bits per heavy atom. The number of halogens is 3. The topological polar surface area (TPSA) is 49.8 Å². The van der Waals surface area contributed by atoms with Crippen molar-refractivity contribution in [2.45, 2.75) is 25.9 Å². The van der Waals surface area contributed by atoms with Gasteiger partial charge in [0, 0.05) is 19.2 Å². The largest absolute Gasteiger partial charge is 0.433 e. The maximum Gasteiger partial charge on any atom is 0.433 e. The lowest BCUT2D eigenvalue weighted by molar-refractivity contribution is -0.141. The lowest BCUT2D eigenvalue weighted by atomic mass is 10.3. The Morgan fingerprint density at radius 2 is 1.95 bits per heavy atom. The summed E-state index contributed by atoms with van der Waals surface area (Å²) < 4.78 is 38.2. The fraction of sp³-hybridized carbons (Fsp3) is 0.667. The van der Waals surface area contributed by atoms with Crippen LogP contribution in [0.2, 0.25) is 0 Å². The quantitative estimate of drug-likeness (QED) is 0.720. The number of anilines is 2. The van der Waals surface area contributed by atoms with Crippen LogP contribution in [-0.2, 0) is 6.18 Å². The second-order valence-electron chi connectivity index (χ2n) is 4.12. The summed E-state index contributed by atoms with van der Waals surface area (Å²) >= 11 is 1.75. The Balaban J connectivity index is 2.71. The Morgan fingerprint density at radius 3 is 2.55 bits per heavy atom. The van der Waals surface area contributed by atoms with Crippen LogP contribution in [0.4, 0.5) is 24.9 Å². The summed E-state index contributed by atoms with van der Waals surface area (Å²) in [5, 5.41) is 5.62. The number of aromatic nitrogens is 2. The third-order valence-electron chi connectivity index (χ3n) is 2.43. The van der Waals surface area contributed by atoms with E-state index in [0.29, 0.717) is 13.1 Å². The molecule has 0 atom stereocenters. The smallest absolute Gasteiger partial charge is 0.370 e. The van der Waals surface area contributed by atoms with Gasteiger partial charge in [-0.3, -0.25) is 0 Å². The second-order valence-corrected chi connectivity index (χ2v) is 5.10. The Kier molecular flexibility index (Phi) is 6.90. The van der Waals surface area contributed by atoms with Gasteiger partial charge in [-0.1, -0.05) is 0 Å². The molecule has 1 aromatic heterocycles. The van der Waals surface area contributed by atoms with E-state index in [1.807, 2.05) is 6.26 Å². The Bertz CT molecular complexity index is 412. The molecule has 0 aliphatic heterocycles. The second kappa shape index (κ2) is 8.18. The van der Waals surface area contributed by atoms with E-state index in [2.05, 4.69) is 20.6 Å². The fourth-order valence-electron chi connectivity index (χ4n) is 1.51. The van der Waals surface area contributed by atoms with Gasteiger partial charge in [0.05, 0.1) is 0 Å². The summed E-state index contributed by atoms with van der Waals surface area (Å²) in [5.74, 6) is 1.24.